The number of fused-ring (bicyclic) bond motifs is 1. The minimum absolute atomic E-state index is 0.232. The number of alkyl halides is 1. The van der Waals surface area contributed by atoms with Crippen LogP contribution < -0.4 is 4.74 Å². The Morgan fingerprint density at radius 2 is 1.85 bits per heavy atom. The number of benzene rings is 2. The summed E-state index contributed by atoms with van der Waals surface area (Å²) in [5, 5.41) is 1.31. The minimum atomic E-state index is 0.232. The molecule has 1 heterocycles. The maximum absolute atomic E-state index is 5.48. The highest BCUT2D eigenvalue weighted by molar-refractivity contribution is 9.09. The predicted molar refractivity (Wildman–Crippen MR) is 90.2 cm³/mol. The Morgan fingerprint density at radius 1 is 1.10 bits per heavy atom. The smallest absolute Gasteiger partial charge is 0.119 e. The fraction of sp³-hybridized carbons (Fsp3) is 0.176. The molecule has 0 amide bonds. The van der Waals surface area contributed by atoms with Crippen molar-refractivity contribution in [2.24, 2.45) is 0 Å². The van der Waals surface area contributed by atoms with Crippen molar-refractivity contribution in [3.8, 4) is 5.75 Å². The van der Waals surface area contributed by atoms with E-state index in [9.17, 15) is 0 Å². The molecule has 3 aromatic rings. The monoisotopic (exact) mass is 346 g/mol. The van der Waals surface area contributed by atoms with Crippen LogP contribution in [0.15, 0.2) is 54.6 Å². The van der Waals surface area contributed by atoms with Crippen LogP contribution in [0.2, 0.25) is 0 Å². The maximum Gasteiger partial charge on any atom is 0.119 e. The first kappa shape index (κ1) is 13.7. The van der Waals surface area contributed by atoms with Crippen LogP contribution in [0.5, 0.6) is 5.75 Å². The molecule has 0 N–H and O–H groups in total. The lowest BCUT2D eigenvalue weighted by molar-refractivity contribution is 0.340. The van der Waals surface area contributed by atoms with Gasteiger partial charge in [-0.15, -0.1) is 11.3 Å². The zero-order valence-electron chi connectivity index (χ0n) is 11.2. The molecular weight excluding hydrogens is 332 g/mol. The Balaban J connectivity index is 1.89. The zero-order valence-corrected chi connectivity index (χ0v) is 13.6. The second-order valence-corrected chi connectivity index (χ2v) is 6.58. The second kappa shape index (κ2) is 5.98. The van der Waals surface area contributed by atoms with Crippen LogP contribution >= 0.6 is 27.3 Å². The number of thiophene rings is 1. The molecule has 20 heavy (non-hydrogen) atoms. The van der Waals surface area contributed by atoms with Gasteiger partial charge in [-0.05, 0) is 42.1 Å². The summed E-state index contributed by atoms with van der Waals surface area (Å²) in [6, 6.07) is 19.1. The Morgan fingerprint density at radius 3 is 2.55 bits per heavy atom. The summed E-state index contributed by atoms with van der Waals surface area (Å²) in [5.41, 5.74) is 1.25. The first-order valence-electron chi connectivity index (χ1n) is 6.63. The number of halogens is 1. The Bertz CT molecular complexity index is 669. The first-order chi connectivity index (χ1) is 9.78. The van der Waals surface area contributed by atoms with E-state index in [-0.39, 0.29) is 4.83 Å². The standard InChI is InChI=1S/C17H15BrOS/c1-2-19-14-9-7-12(8-10-14)17(18)16-11-13-5-3-4-6-15(13)20-16/h3-11,17H,2H2,1H3. The largest absolute Gasteiger partial charge is 0.494 e. The number of hydrogen-bond acceptors (Lipinski definition) is 2. The number of rotatable bonds is 4. The molecule has 0 aliphatic rings. The van der Waals surface area contributed by atoms with E-state index in [2.05, 4.69) is 58.4 Å². The molecule has 0 aliphatic heterocycles. The van der Waals surface area contributed by atoms with Gasteiger partial charge in [0, 0.05) is 9.58 Å². The van der Waals surface area contributed by atoms with Gasteiger partial charge in [-0.25, -0.2) is 0 Å². The van der Waals surface area contributed by atoms with Crippen molar-refractivity contribution in [3.05, 3.63) is 65.0 Å². The van der Waals surface area contributed by atoms with Crippen molar-refractivity contribution in [2.75, 3.05) is 6.61 Å². The normalized spacial score (nSPS) is 12.5. The van der Waals surface area contributed by atoms with Gasteiger partial charge >= 0.3 is 0 Å². The van der Waals surface area contributed by atoms with Crippen molar-refractivity contribution >= 4 is 37.4 Å². The highest BCUT2D eigenvalue weighted by atomic mass is 79.9. The summed E-state index contributed by atoms with van der Waals surface area (Å²) in [6.07, 6.45) is 0. The third-order valence-corrected chi connectivity index (χ3v) is 5.68. The van der Waals surface area contributed by atoms with Crippen LogP contribution in [0.4, 0.5) is 0 Å². The fourth-order valence-corrected chi connectivity index (χ4v) is 3.98. The van der Waals surface area contributed by atoms with E-state index >= 15 is 0 Å². The van der Waals surface area contributed by atoms with E-state index < -0.39 is 0 Å². The van der Waals surface area contributed by atoms with Gasteiger partial charge in [-0.3, -0.25) is 0 Å². The summed E-state index contributed by atoms with van der Waals surface area (Å²) in [6.45, 7) is 2.70. The zero-order chi connectivity index (χ0) is 13.9. The quantitative estimate of drug-likeness (QED) is 0.543. The predicted octanol–water partition coefficient (Wildman–Crippen LogP) is 5.78. The summed E-state index contributed by atoms with van der Waals surface area (Å²) >= 11 is 5.64. The fourth-order valence-electron chi connectivity index (χ4n) is 2.19. The Labute approximate surface area is 131 Å². The van der Waals surface area contributed by atoms with E-state index in [1.807, 2.05) is 30.4 Å². The van der Waals surface area contributed by atoms with Crippen molar-refractivity contribution in [1.29, 1.82) is 0 Å². The van der Waals surface area contributed by atoms with Gasteiger partial charge in [0.15, 0.2) is 0 Å². The van der Waals surface area contributed by atoms with Crippen LogP contribution in [-0.4, -0.2) is 6.61 Å². The molecule has 1 unspecified atom stereocenters. The van der Waals surface area contributed by atoms with Crippen LogP contribution in [0.1, 0.15) is 22.2 Å². The Hall–Kier alpha value is -1.32. The third kappa shape index (κ3) is 2.74. The van der Waals surface area contributed by atoms with Crippen molar-refractivity contribution in [2.45, 2.75) is 11.8 Å². The molecule has 102 valence electrons. The third-order valence-electron chi connectivity index (χ3n) is 3.18. The summed E-state index contributed by atoms with van der Waals surface area (Å²) in [5.74, 6) is 0.923. The highest BCUT2D eigenvalue weighted by Crippen LogP contribution is 2.38. The van der Waals surface area contributed by atoms with Crippen molar-refractivity contribution in [1.82, 2.24) is 0 Å². The van der Waals surface area contributed by atoms with Crippen LogP contribution in [0, 0.1) is 0 Å². The van der Waals surface area contributed by atoms with Gasteiger partial charge in [-0.1, -0.05) is 46.3 Å². The topological polar surface area (TPSA) is 9.23 Å². The summed E-state index contributed by atoms with van der Waals surface area (Å²) in [4.78, 5) is 1.56. The van der Waals surface area contributed by atoms with Crippen LogP contribution in [0.3, 0.4) is 0 Å². The Kier molecular flexibility index (Phi) is 4.08. The van der Waals surface area contributed by atoms with Gasteiger partial charge in [0.1, 0.15) is 5.75 Å². The minimum Gasteiger partial charge on any atom is -0.494 e. The lowest BCUT2D eigenvalue weighted by Crippen LogP contribution is -1.93. The number of ether oxygens (including phenoxy) is 1. The molecule has 1 aromatic heterocycles. The van der Waals surface area contributed by atoms with Crippen LogP contribution in [-0.2, 0) is 0 Å². The molecule has 1 nitrogen and oxygen atoms in total. The number of hydrogen-bond donors (Lipinski definition) is 0. The molecule has 0 spiro atoms. The van der Waals surface area contributed by atoms with Crippen molar-refractivity contribution < 1.29 is 4.74 Å². The SMILES string of the molecule is CCOc1ccc(C(Br)c2cc3ccccc3s2)cc1. The van der Waals surface area contributed by atoms with E-state index in [1.54, 1.807) is 0 Å². The van der Waals surface area contributed by atoms with Gasteiger partial charge in [0.25, 0.3) is 0 Å². The van der Waals surface area contributed by atoms with E-state index in [4.69, 9.17) is 4.74 Å². The molecular formula is C17H15BrOS. The first-order valence-corrected chi connectivity index (χ1v) is 8.36. The van der Waals surface area contributed by atoms with E-state index in [0.717, 1.165) is 5.75 Å². The highest BCUT2D eigenvalue weighted by Gasteiger charge is 2.13. The second-order valence-electron chi connectivity index (χ2n) is 4.55. The average molecular weight is 347 g/mol. The van der Waals surface area contributed by atoms with E-state index in [1.165, 1.54) is 20.5 Å². The van der Waals surface area contributed by atoms with E-state index in [0.29, 0.717) is 6.61 Å². The van der Waals surface area contributed by atoms with Gasteiger partial charge < -0.3 is 4.74 Å². The summed E-state index contributed by atoms with van der Waals surface area (Å²) in [7, 11) is 0. The van der Waals surface area contributed by atoms with Crippen LogP contribution in [0.25, 0.3) is 10.1 Å². The molecule has 3 heteroatoms. The van der Waals surface area contributed by atoms with Gasteiger partial charge in [-0.2, -0.15) is 0 Å². The maximum atomic E-state index is 5.48. The lowest BCUT2D eigenvalue weighted by Gasteiger charge is -2.09. The average Bonchev–Trinajstić information content (AvgIpc) is 2.91. The molecule has 0 radical (unpaired) electrons. The molecule has 0 fully saturated rings. The van der Waals surface area contributed by atoms with Gasteiger partial charge in [0.05, 0.1) is 11.4 Å². The van der Waals surface area contributed by atoms with Crippen molar-refractivity contribution in [3.63, 3.8) is 0 Å². The summed E-state index contributed by atoms with van der Waals surface area (Å²) < 4.78 is 6.81. The molecule has 3 rings (SSSR count). The molecule has 0 saturated heterocycles. The molecule has 2 aromatic carbocycles. The van der Waals surface area contributed by atoms with Gasteiger partial charge in [0.2, 0.25) is 0 Å². The molecule has 0 saturated carbocycles. The molecule has 1 atom stereocenters. The molecule has 0 aliphatic carbocycles. The molecule has 0 bridgehead atoms. The lowest BCUT2D eigenvalue weighted by atomic mass is 10.1.